The lowest BCUT2D eigenvalue weighted by Gasteiger charge is -2.36. The molecule has 2 rings (SSSR count). The summed E-state index contributed by atoms with van der Waals surface area (Å²) in [5, 5.41) is 4.72. The number of hydrogen-bond acceptors (Lipinski definition) is 1. The molecule has 2 aliphatic rings. The van der Waals surface area contributed by atoms with Gasteiger partial charge in [-0.1, -0.05) is 15.9 Å². The van der Waals surface area contributed by atoms with Crippen LogP contribution >= 0.6 is 15.9 Å². The van der Waals surface area contributed by atoms with Gasteiger partial charge in [0.15, 0.2) is 0 Å². The van der Waals surface area contributed by atoms with E-state index in [1.165, 1.54) is 50.5 Å². The predicted octanol–water partition coefficient (Wildman–Crippen LogP) is 2.55. The number of alkyl halides is 1. The van der Waals surface area contributed by atoms with Crippen molar-refractivity contribution < 1.29 is 0 Å². The lowest BCUT2D eigenvalue weighted by molar-refractivity contribution is 0.181. The van der Waals surface area contributed by atoms with Gasteiger partial charge in [-0.05, 0) is 50.0 Å². The van der Waals surface area contributed by atoms with Crippen LogP contribution < -0.4 is 5.32 Å². The van der Waals surface area contributed by atoms with Gasteiger partial charge in [-0.25, -0.2) is 0 Å². The molecule has 1 heterocycles. The van der Waals surface area contributed by atoms with Crippen LogP contribution in [0.2, 0.25) is 0 Å². The zero-order valence-electron chi connectivity index (χ0n) is 7.61. The Morgan fingerprint density at radius 1 is 1.25 bits per heavy atom. The van der Waals surface area contributed by atoms with Crippen LogP contribution in [-0.2, 0) is 0 Å². The Morgan fingerprint density at radius 3 is 2.50 bits per heavy atom. The predicted molar refractivity (Wildman–Crippen MR) is 55.7 cm³/mol. The molecular weight excluding hydrogens is 214 g/mol. The minimum atomic E-state index is 0.721. The van der Waals surface area contributed by atoms with E-state index < -0.39 is 0 Å². The first-order valence-corrected chi connectivity index (χ1v) is 6.23. The van der Waals surface area contributed by atoms with E-state index in [0.29, 0.717) is 0 Å². The van der Waals surface area contributed by atoms with Crippen molar-refractivity contribution >= 4 is 15.9 Å². The second-order valence-electron chi connectivity index (χ2n) is 4.52. The molecule has 1 nitrogen and oxygen atoms in total. The fourth-order valence-corrected chi connectivity index (χ4v) is 3.31. The summed E-state index contributed by atoms with van der Waals surface area (Å²) in [5.74, 6) is 0.969. The van der Waals surface area contributed by atoms with Gasteiger partial charge in [-0.2, -0.15) is 0 Å². The molecule has 0 atom stereocenters. The van der Waals surface area contributed by atoms with E-state index in [9.17, 15) is 0 Å². The fourth-order valence-electron chi connectivity index (χ4n) is 2.67. The minimum absolute atomic E-state index is 0.721. The van der Waals surface area contributed by atoms with Crippen molar-refractivity contribution in [3.8, 4) is 0 Å². The number of nitrogens with one attached hydrogen (secondary N) is 1. The van der Waals surface area contributed by atoms with E-state index >= 15 is 0 Å². The topological polar surface area (TPSA) is 12.0 Å². The molecule has 0 radical (unpaired) electrons. The molecule has 1 spiro atoms. The number of halogens is 1. The number of hydrogen-bond donors (Lipinski definition) is 1. The SMILES string of the molecule is BrCC1CCC2(CCNC2)CC1. The average molecular weight is 232 g/mol. The molecule has 0 aromatic heterocycles. The molecule has 2 heteroatoms. The molecule has 2 fully saturated rings. The normalized spacial score (nSPS) is 42.2. The van der Waals surface area contributed by atoms with Gasteiger partial charge in [0, 0.05) is 11.9 Å². The van der Waals surface area contributed by atoms with Crippen molar-refractivity contribution in [1.29, 1.82) is 0 Å². The molecule has 0 aromatic rings. The smallest absolute Gasteiger partial charge is 0.00596 e. The average Bonchev–Trinajstić information content (AvgIpc) is 2.55. The lowest BCUT2D eigenvalue weighted by atomic mass is 9.70. The summed E-state index contributed by atoms with van der Waals surface area (Å²) in [5.41, 5.74) is 0.721. The number of rotatable bonds is 1. The van der Waals surface area contributed by atoms with Crippen molar-refractivity contribution in [2.45, 2.75) is 32.1 Å². The largest absolute Gasteiger partial charge is 0.316 e. The van der Waals surface area contributed by atoms with E-state index in [0.717, 1.165) is 11.3 Å². The molecule has 0 amide bonds. The molecule has 1 N–H and O–H groups in total. The Balaban J connectivity index is 1.88. The van der Waals surface area contributed by atoms with Crippen LogP contribution in [0.3, 0.4) is 0 Å². The van der Waals surface area contributed by atoms with Gasteiger partial charge in [-0.3, -0.25) is 0 Å². The molecule has 12 heavy (non-hydrogen) atoms. The van der Waals surface area contributed by atoms with Crippen molar-refractivity contribution in [2.75, 3.05) is 18.4 Å². The Hall–Kier alpha value is 0.440. The molecular formula is C10H18BrN. The molecule has 0 bridgehead atoms. The highest BCUT2D eigenvalue weighted by molar-refractivity contribution is 9.09. The van der Waals surface area contributed by atoms with E-state index in [4.69, 9.17) is 0 Å². The molecule has 1 saturated carbocycles. The maximum absolute atomic E-state index is 3.59. The monoisotopic (exact) mass is 231 g/mol. The first kappa shape index (κ1) is 9.01. The summed E-state index contributed by atoms with van der Waals surface area (Å²) >= 11 is 3.59. The van der Waals surface area contributed by atoms with Gasteiger partial charge in [0.25, 0.3) is 0 Å². The van der Waals surface area contributed by atoms with Gasteiger partial charge in [0.1, 0.15) is 0 Å². The zero-order chi connectivity index (χ0) is 8.44. The van der Waals surface area contributed by atoms with Gasteiger partial charge < -0.3 is 5.32 Å². The first-order valence-electron chi connectivity index (χ1n) is 5.11. The molecule has 70 valence electrons. The highest BCUT2D eigenvalue weighted by Gasteiger charge is 2.36. The van der Waals surface area contributed by atoms with Gasteiger partial charge in [-0.15, -0.1) is 0 Å². The van der Waals surface area contributed by atoms with Crippen molar-refractivity contribution in [3.05, 3.63) is 0 Å². The Morgan fingerprint density at radius 2 is 2.00 bits per heavy atom. The van der Waals surface area contributed by atoms with Gasteiger partial charge >= 0.3 is 0 Å². The van der Waals surface area contributed by atoms with Gasteiger partial charge in [0.05, 0.1) is 0 Å². The van der Waals surface area contributed by atoms with Gasteiger partial charge in [0.2, 0.25) is 0 Å². The molecule has 0 aromatic carbocycles. The summed E-state index contributed by atoms with van der Waals surface area (Å²) in [6.07, 6.45) is 7.27. The third-order valence-electron chi connectivity index (χ3n) is 3.72. The summed E-state index contributed by atoms with van der Waals surface area (Å²) in [7, 11) is 0. The van der Waals surface area contributed by atoms with E-state index in [2.05, 4.69) is 21.2 Å². The van der Waals surface area contributed by atoms with E-state index in [-0.39, 0.29) is 0 Å². The van der Waals surface area contributed by atoms with Crippen LogP contribution in [0.4, 0.5) is 0 Å². The Labute approximate surface area is 83.4 Å². The quantitative estimate of drug-likeness (QED) is 0.685. The lowest BCUT2D eigenvalue weighted by Crippen LogP contribution is -2.30. The Bertz CT molecular complexity index is 142. The second kappa shape index (κ2) is 3.67. The van der Waals surface area contributed by atoms with Crippen LogP contribution in [0, 0.1) is 11.3 Å². The zero-order valence-corrected chi connectivity index (χ0v) is 9.20. The summed E-state index contributed by atoms with van der Waals surface area (Å²) < 4.78 is 0. The fraction of sp³-hybridized carbons (Fsp3) is 1.00. The third-order valence-corrected chi connectivity index (χ3v) is 4.63. The molecule has 1 saturated heterocycles. The second-order valence-corrected chi connectivity index (χ2v) is 5.17. The van der Waals surface area contributed by atoms with Crippen LogP contribution in [0.15, 0.2) is 0 Å². The molecule has 1 aliphatic heterocycles. The summed E-state index contributed by atoms with van der Waals surface area (Å²) in [6, 6.07) is 0. The van der Waals surface area contributed by atoms with Crippen molar-refractivity contribution in [2.24, 2.45) is 11.3 Å². The molecule has 0 unspecified atom stereocenters. The van der Waals surface area contributed by atoms with Crippen LogP contribution in [0.25, 0.3) is 0 Å². The van der Waals surface area contributed by atoms with Crippen molar-refractivity contribution in [1.82, 2.24) is 5.32 Å². The minimum Gasteiger partial charge on any atom is -0.316 e. The molecule has 1 aliphatic carbocycles. The maximum Gasteiger partial charge on any atom is 0.00596 e. The standard InChI is InChI=1S/C10H18BrN/c11-7-9-1-3-10(4-2-9)5-6-12-8-10/h9,12H,1-8H2. The summed E-state index contributed by atoms with van der Waals surface area (Å²) in [4.78, 5) is 0. The highest BCUT2D eigenvalue weighted by atomic mass is 79.9. The summed E-state index contributed by atoms with van der Waals surface area (Å²) in [6.45, 7) is 2.56. The Kier molecular flexibility index (Phi) is 2.75. The van der Waals surface area contributed by atoms with Crippen LogP contribution in [0.5, 0.6) is 0 Å². The van der Waals surface area contributed by atoms with Crippen molar-refractivity contribution in [3.63, 3.8) is 0 Å². The maximum atomic E-state index is 3.59. The van der Waals surface area contributed by atoms with E-state index in [1.807, 2.05) is 0 Å². The van der Waals surface area contributed by atoms with Crippen LogP contribution in [0.1, 0.15) is 32.1 Å². The first-order chi connectivity index (χ1) is 5.85. The third kappa shape index (κ3) is 1.69. The highest BCUT2D eigenvalue weighted by Crippen LogP contribution is 2.43. The van der Waals surface area contributed by atoms with E-state index in [1.54, 1.807) is 0 Å². The van der Waals surface area contributed by atoms with Crippen LogP contribution in [-0.4, -0.2) is 18.4 Å².